The zero-order valence-electron chi connectivity index (χ0n) is 10.4. The molecule has 1 rings (SSSR count). The molecule has 0 N–H and O–H groups in total. The van der Waals surface area contributed by atoms with Crippen molar-refractivity contribution in [2.24, 2.45) is 0 Å². The number of rotatable bonds is 8. The minimum atomic E-state index is 0.156. The summed E-state index contributed by atoms with van der Waals surface area (Å²) in [6.45, 7) is 5.48. The van der Waals surface area contributed by atoms with Crippen molar-refractivity contribution >= 4 is 11.8 Å². The van der Waals surface area contributed by atoms with Crippen molar-refractivity contribution in [3.05, 3.63) is 0 Å². The highest BCUT2D eigenvalue weighted by Crippen LogP contribution is 2.36. The van der Waals surface area contributed by atoms with Gasteiger partial charge in [-0.3, -0.25) is 0 Å². The second-order valence-electron chi connectivity index (χ2n) is 4.70. The van der Waals surface area contributed by atoms with Crippen LogP contribution < -0.4 is 0 Å². The highest BCUT2D eigenvalue weighted by atomic mass is 32.2. The summed E-state index contributed by atoms with van der Waals surface area (Å²) in [5.74, 6) is 1.19. The number of thioether (sulfide) groups is 1. The molecular formula is C13H26OS. The van der Waals surface area contributed by atoms with E-state index in [1.165, 1.54) is 57.1 Å². The lowest BCUT2D eigenvalue weighted by molar-refractivity contribution is 0.0575. The molecule has 0 saturated carbocycles. The van der Waals surface area contributed by atoms with Gasteiger partial charge in [0, 0.05) is 5.75 Å². The summed E-state index contributed by atoms with van der Waals surface area (Å²) in [5.41, 5.74) is 0. The smallest absolute Gasteiger partial charge is 0.111 e. The van der Waals surface area contributed by atoms with Gasteiger partial charge in [0.25, 0.3) is 0 Å². The molecule has 1 fully saturated rings. The summed E-state index contributed by atoms with van der Waals surface area (Å²) >= 11 is 1.99. The van der Waals surface area contributed by atoms with Gasteiger partial charge >= 0.3 is 0 Å². The number of unbranched alkanes of at least 4 members (excludes halogenated alkanes) is 6. The van der Waals surface area contributed by atoms with E-state index in [1.54, 1.807) is 0 Å². The molecule has 90 valence electrons. The summed E-state index contributed by atoms with van der Waals surface area (Å²) in [7, 11) is 0. The molecule has 2 heteroatoms. The van der Waals surface area contributed by atoms with Crippen LogP contribution in [0.15, 0.2) is 0 Å². The van der Waals surface area contributed by atoms with Gasteiger partial charge in [-0.25, -0.2) is 0 Å². The summed E-state index contributed by atoms with van der Waals surface area (Å²) in [6, 6.07) is 0. The first-order valence-corrected chi connectivity index (χ1v) is 7.53. The Kier molecular flexibility index (Phi) is 6.74. The molecule has 1 nitrogen and oxygen atoms in total. The molecule has 0 aromatic carbocycles. The lowest BCUT2D eigenvalue weighted by Gasteiger charge is -2.21. The largest absolute Gasteiger partial charge is 0.364 e. The van der Waals surface area contributed by atoms with Gasteiger partial charge in [-0.1, -0.05) is 45.4 Å². The van der Waals surface area contributed by atoms with E-state index in [2.05, 4.69) is 13.8 Å². The van der Waals surface area contributed by atoms with Gasteiger partial charge in [0.1, 0.15) is 4.93 Å². The normalized spacial score (nSPS) is 26.0. The molecular weight excluding hydrogens is 204 g/mol. The summed E-state index contributed by atoms with van der Waals surface area (Å²) in [4.78, 5) is 0.156. The van der Waals surface area contributed by atoms with Gasteiger partial charge in [-0.15, -0.1) is 11.8 Å². The van der Waals surface area contributed by atoms with E-state index >= 15 is 0 Å². The molecule has 1 aliphatic heterocycles. The molecule has 1 atom stereocenters. The number of ether oxygens (including phenoxy) is 1. The highest BCUT2D eigenvalue weighted by Gasteiger charge is 2.29. The first kappa shape index (κ1) is 13.4. The van der Waals surface area contributed by atoms with Gasteiger partial charge in [-0.05, 0) is 19.8 Å². The van der Waals surface area contributed by atoms with E-state index in [0.29, 0.717) is 0 Å². The van der Waals surface area contributed by atoms with Crippen molar-refractivity contribution in [2.45, 2.75) is 70.1 Å². The fourth-order valence-electron chi connectivity index (χ4n) is 2.10. The third-order valence-corrected chi connectivity index (χ3v) is 4.44. The Morgan fingerprint density at radius 3 is 2.33 bits per heavy atom. The average Bonchev–Trinajstić information content (AvgIpc) is 2.64. The molecule has 0 radical (unpaired) electrons. The Morgan fingerprint density at radius 1 is 1.07 bits per heavy atom. The molecule has 0 bridgehead atoms. The van der Waals surface area contributed by atoms with Crippen molar-refractivity contribution in [1.82, 2.24) is 0 Å². The molecule has 1 unspecified atom stereocenters. The zero-order chi connectivity index (χ0) is 11.0. The van der Waals surface area contributed by atoms with E-state index in [4.69, 9.17) is 4.74 Å². The number of hydrogen-bond donors (Lipinski definition) is 0. The summed E-state index contributed by atoms with van der Waals surface area (Å²) in [6.07, 6.45) is 11.0. The predicted molar refractivity (Wildman–Crippen MR) is 69.4 cm³/mol. The maximum Gasteiger partial charge on any atom is 0.111 e. The lowest BCUT2D eigenvalue weighted by Crippen LogP contribution is -2.18. The van der Waals surface area contributed by atoms with Crippen LogP contribution in [0.1, 0.15) is 65.2 Å². The monoisotopic (exact) mass is 230 g/mol. The summed E-state index contributed by atoms with van der Waals surface area (Å²) < 4.78 is 5.75. The first-order chi connectivity index (χ1) is 7.27. The fourth-order valence-corrected chi connectivity index (χ4v) is 3.16. The van der Waals surface area contributed by atoms with E-state index < -0.39 is 0 Å². The molecule has 0 aliphatic carbocycles. The van der Waals surface area contributed by atoms with Gasteiger partial charge < -0.3 is 4.74 Å². The SMILES string of the molecule is CCCCCCCCCC1(C)OCCS1. The molecule has 15 heavy (non-hydrogen) atoms. The Labute approximate surface area is 99.3 Å². The van der Waals surface area contributed by atoms with Crippen molar-refractivity contribution in [1.29, 1.82) is 0 Å². The molecule has 1 saturated heterocycles. The average molecular weight is 230 g/mol. The fraction of sp³-hybridized carbons (Fsp3) is 1.00. The minimum absolute atomic E-state index is 0.156. The van der Waals surface area contributed by atoms with Crippen molar-refractivity contribution in [3.8, 4) is 0 Å². The quantitative estimate of drug-likeness (QED) is 0.563. The lowest BCUT2D eigenvalue weighted by atomic mass is 10.1. The first-order valence-electron chi connectivity index (χ1n) is 6.55. The van der Waals surface area contributed by atoms with Gasteiger partial charge in [0.2, 0.25) is 0 Å². The van der Waals surface area contributed by atoms with Crippen molar-refractivity contribution in [2.75, 3.05) is 12.4 Å². The second-order valence-corrected chi connectivity index (χ2v) is 6.26. The summed E-state index contributed by atoms with van der Waals surface area (Å²) in [5, 5.41) is 0. The Balaban J connectivity index is 1.88. The van der Waals surface area contributed by atoms with E-state index in [1.807, 2.05) is 11.8 Å². The molecule has 1 aliphatic rings. The van der Waals surface area contributed by atoms with E-state index in [0.717, 1.165) is 6.61 Å². The maximum atomic E-state index is 5.75. The third-order valence-electron chi connectivity index (χ3n) is 3.13. The third kappa shape index (κ3) is 5.82. The molecule has 0 spiro atoms. The van der Waals surface area contributed by atoms with Gasteiger partial charge in [0.15, 0.2) is 0 Å². The van der Waals surface area contributed by atoms with Crippen LogP contribution in [0, 0.1) is 0 Å². The molecule has 0 amide bonds. The van der Waals surface area contributed by atoms with Crippen LogP contribution in [-0.2, 0) is 4.74 Å². The standard InChI is InChI=1S/C13H26OS/c1-3-4-5-6-7-8-9-10-13(2)14-11-12-15-13/h3-12H2,1-2H3. The Bertz CT molecular complexity index is 153. The highest BCUT2D eigenvalue weighted by molar-refractivity contribution is 8.00. The topological polar surface area (TPSA) is 9.23 Å². The Morgan fingerprint density at radius 2 is 1.73 bits per heavy atom. The van der Waals surface area contributed by atoms with Crippen molar-refractivity contribution in [3.63, 3.8) is 0 Å². The molecule has 1 heterocycles. The van der Waals surface area contributed by atoms with E-state index in [-0.39, 0.29) is 4.93 Å². The maximum absolute atomic E-state index is 5.75. The van der Waals surface area contributed by atoms with Crippen LogP contribution in [0.3, 0.4) is 0 Å². The van der Waals surface area contributed by atoms with Crippen LogP contribution >= 0.6 is 11.8 Å². The molecule has 0 aromatic rings. The second kappa shape index (κ2) is 7.56. The van der Waals surface area contributed by atoms with E-state index in [9.17, 15) is 0 Å². The predicted octanol–water partition coefficient (Wildman–Crippen LogP) is 4.61. The Hall–Kier alpha value is 0.310. The number of hydrogen-bond acceptors (Lipinski definition) is 2. The minimum Gasteiger partial charge on any atom is -0.364 e. The van der Waals surface area contributed by atoms with Gasteiger partial charge in [0.05, 0.1) is 6.61 Å². The van der Waals surface area contributed by atoms with Crippen LogP contribution in [0.2, 0.25) is 0 Å². The van der Waals surface area contributed by atoms with Crippen LogP contribution in [0.25, 0.3) is 0 Å². The zero-order valence-corrected chi connectivity index (χ0v) is 11.2. The van der Waals surface area contributed by atoms with Crippen LogP contribution in [-0.4, -0.2) is 17.3 Å². The van der Waals surface area contributed by atoms with Crippen LogP contribution in [0.4, 0.5) is 0 Å². The molecule has 0 aromatic heterocycles. The van der Waals surface area contributed by atoms with Crippen LogP contribution in [0.5, 0.6) is 0 Å². The van der Waals surface area contributed by atoms with Gasteiger partial charge in [-0.2, -0.15) is 0 Å². The van der Waals surface area contributed by atoms with Crippen molar-refractivity contribution < 1.29 is 4.74 Å².